The van der Waals surface area contributed by atoms with Crippen molar-refractivity contribution >= 4 is 34.4 Å². The number of thioether (sulfide) groups is 1. The van der Waals surface area contributed by atoms with Gasteiger partial charge in [-0.15, -0.1) is 0 Å². The second kappa shape index (κ2) is 5.35. The van der Waals surface area contributed by atoms with E-state index >= 15 is 0 Å². The number of ketones is 2. The largest absolute Gasteiger partial charge is 0.311 e. The Morgan fingerprint density at radius 1 is 1.22 bits per heavy atom. The Morgan fingerprint density at radius 3 is 2.61 bits per heavy atom. The van der Waals surface area contributed by atoms with Gasteiger partial charge in [0.2, 0.25) is 0 Å². The summed E-state index contributed by atoms with van der Waals surface area (Å²) in [5.41, 5.74) is 1.78. The molecule has 5 heteroatoms. The Labute approximate surface area is 109 Å². The first-order valence-electron chi connectivity index (χ1n) is 5.65. The van der Waals surface area contributed by atoms with Crippen LogP contribution < -0.4 is 0 Å². The Balaban J connectivity index is 2.42. The second-order valence-corrected chi connectivity index (χ2v) is 5.10. The highest BCUT2D eigenvalue weighted by atomic mass is 32.2. The van der Waals surface area contributed by atoms with E-state index in [4.69, 9.17) is 0 Å². The first kappa shape index (κ1) is 12.8. The number of aromatic nitrogens is 2. The molecular weight excluding hydrogens is 248 g/mol. The van der Waals surface area contributed by atoms with Gasteiger partial charge in [0.05, 0.1) is 23.3 Å². The van der Waals surface area contributed by atoms with Gasteiger partial charge < -0.3 is 4.57 Å². The molecule has 2 aromatic rings. The van der Waals surface area contributed by atoms with Crippen molar-refractivity contribution in [3.05, 3.63) is 24.3 Å². The summed E-state index contributed by atoms with van der Waals surface area (Å²) >= 11 is 1.37. The number of rotatable bonds is 5. The van der Waals surface area contributed by atoms with Gasteiger partial charge in [-0.1, -0.05) is 23.9 Å². The monoisotopic (exact) mass is 262 g/mol. The van der Waals surface area contributed by atoms with Gasteiger partial charge in [-0.3, -0.25) is 9.59 Å². The number of imidazole rings is 1. The van der Waals surface area contributed by atoms with E-state index in [-0.39, 0.29) is 11.6 Å². The van der Waals surface area contributed by atoms with E-state index in [9.17, 15) is 9.59 Å². The van der Waals surface area contributed by atoms with Crippen LogP contribution in [0.25, 0.3) is 11.0 Å². The number of benzene rings is 1. The Kier molecular flexibility index (Phi) is 3.81. The molecule has 0 bridgehead atoms. The molecule has 0 unspecified atom stereocenters. The van der Waals surface area contributed by atoms with E-state index in [1.807, 2.05) is 28.8 Å². The van der Waals surface area contributed by atoms with Gasteiger partial charge in [-0.25, -0.2) is 4.98 Å². The molecule has 0 aliphatic rings. The number of hydrogen-bond donors (Lipinski definition) is 0. The lowest BCUT2D eigenvalue weighted by molar-refractivity contribution is -0.117. The fraction of sp³-hybridized carbons (Fsp3) is 0.308. The lowest BCUT2D eigenvalue weighted by Gasteiger charge is -2.05. The van der Waals surface area contributed by atoms with Crippen molar-refractivity contribution < 1.29 is 9.59 Å². The molecule has 0 saturated heterocycles. The third-order valence-electron chi connectivity index (χ3n) is 2.40. The minimum atomic E-state index is 0.0721. The van der Waals surface area contributed by atoms with E-state index in [1.165, 1.54) is 11.8 Å². The van der Waals surface area contributed by atoms with Crippen molar-refractivity contribution in [3.63, 3.8) is 0 Å². The first-order chi connectivity index (χ1) is 8.58. The Morgan fingerprint density at radius 2 is 1.94 bits per heavy atom. The Hall–Kier alpha value is -1.62. The number of carbonyl (C=O) groups excluding carboxylic acids is 2. The van der Waals surface area contributed by atoms with Crippen LogP contribution in [-0.2, 0) is 16.1 Å². The molecule has 0 spiro atoms. The van der Waals surface area contributed by atoms with E-state index in [0.29, 0.717) is 12.3 Å². The molecule has 0 aliphatic carbocycles. The van der Waals surface area contributed by atoms with Crippen LogP contribution in [0.2, 0.25) is 0 Å². The van der Waals surface area contributed by atoms with E-state index < -0.39 is 0 Å². The summed E-state index contributed by atoms with van der Waals surface area (Å²) in [6, 6.07) is 7.67. The molecule has 0 atom stereocenters. The van der Waals surface area contributed by atoms with Gasteiger partial charge in [0.1, 0.15) is 11.6 Å². The quantitative estimate of drug-likeness (QED) is 0.776. The molecule has 0 amide bonds. The zero-order valence-corrected chi connectivity index (χ0v) is 11.2. The zero-order valence-electron chi connectivity index (χ0n) is 10.3. The van der Waals surface area contributed by atoms with Crippen molar-refractivity contribution in [3.8, 4) is 0 Å². The third-order valence-corrected chi connectivity index (χ3v) is 3.53. The molecule has 0 fully saturated rings. The molecule has 4 nitrogen and oxygen atoms in total. The summed E-state index contributed by atoms with van der Waals surface area (Å²) < 4.78 is 1.87. The van der Waals surface area contributed by atoms with Gasteiger partial charge in [-0.05, 0) is 26.0 Å². The molecule has 0 N–H and O–H groups in total. The van der Waals surface area contributed by atoms with Crippen LogP contribution in [0, 0.1) is 0 Å². The number of nitrogens with zero attached hydrogens (tertiary/aromatic N) is 2. The highest BCUT2D eigenvalue weighted by molar-refractivity contribution is 7.99. The van der Waals surface area contributed by atoms with Crippen LogP contribution in [0.3, 0.4) is 0 Å². The minimum Gasteiger partial charge on any atom is -0.311 e. The molecule has 1 heterocycles. The molecule has 18 heavy (non-hydrogen) atoms. The third kappa shape index (κ3) is 2.79. The van der Waals surface area contributed by atoms with Crippen molar-refractivity contribution in [1.29, 1.82) is 0 Å². The molecule has 0 saturated carbocycles. The van der Waals surface area contributed by atoms with Gasteiger partial charge in [0.15, 0.2) is 5.16 Å². The van der Waals surface area contributed by atoms with Crippen molar-refractivity contribution in [2.75, 3.05) is 5.75 Å². The summed E-state index contributed by atoms with van der Waals surface area (Å²) in [5.74, 6) is 0.547. The van der Waals surface area contributed by atoms with Gasteiger partial charge in [0, 0.05) is 0 Å². The smallest absolute Gasteiger partial charge is 0.169 e. The number of Topliss-reactive ketones (excluding diaryl/α,β-unsaturated/α-hetero) is 2. The standard InChI is InChI=1S/C13H14N2O2S/c1-9(16)7-15-12-6-4-3-5-11(12)14-13(15)18-8-10(2)17/h3-6H,7-8H2,1-2H3. The summed E-state index contributed by atoms with van der Waals surface area (Å²) in [6.45, 7) is 3.39. The second-order valence-electron chi connectivity index (χ2n) is 4.16. The Bertz CT molecular complexity index is 604. The van der Waals surface area contributed by atoms with Gasteiger partial charge >= 0.3 is 0 Å². The first-order valence-corrected chi connectivity index (χ1v) is 6.63. The number of hydrogen-bond acceptors (Lipinski definition) is 4. The van der Waals surface area contributed by atoms with Crippen LogP contribution in [-0.4, -0.2) is 26.9 Å². The van der Waals surface area contributed by atoms with E-state index in [2.05, 4.69) is 4.98 Å². The average Bonchev–Trinajstić information content (AvgIpc) is 2.64. The van der Waals surface area contributed by atoms with Crippen LogP contribution in [0.1, 0.15) is 13.8 Å². The number of para-hydroxylation sites is 2. The SMILES string of the molecule is CC(=O)CSc1nc2ccccc2n1CC(C)=O. The highest BCUT2D eigenvalue weighted by Gasteiger charge is 2.12. The average molecular weight is 262 g/mol. The predicted molar refractivity (Wildman–Crippen MR) is 71.8 cm³/mol. The van der Waals surface area contributed by atoms with Gasteiger partial charge in [-0.2, -0.15) is 0 Å². The van der Waals surface area contributed by atoms with Crippen molar-refractivity contribution in [2.24, 2.45) is 0 Å². The molecule has 2 rings (SSSR count). The predicted octanol–water partition coefficient (Wildman–Crippen LogP) is 2.31. The van der Waals surface area contributed by atoms with E-state index in [0.717, 1.165) is 16.2 Å². The number of fused-ring (bicyclic) bond motifs is 1. The van der Waals surface area contributed by atoms with Crippen LogP contribution in [0.15, 0.2) is 29.4 Å². The van der Waals surface area contributed by atoms with Crippen molar-refractivity contribution in [1.82, 2.24) is 9.55 Å². The summed E-state index contributed by atoms with van der Waals surface area (Å²) in [4.78, 5) is 26.8. The maximum Gasteiger partial charge on any atom is 0.169 e. The topological polar surface area (TPSA) is 52.0 Å². The molecular formula is C13H14N2O2S. The van der Waals surface area contributed by atoms with Crippen LogP contribution in [0.5, 0.6) is 0 Å². The van der Waals surface area contributed by atoms with Crippen molar-refractivity contribution in [2.45, 2.75) is 25.5 Å². The number of carbonyl (C=O) groups is 2. The molecule has 1 aromatic heterocycles. The normalized spacial score (nSPS) is 10.8. The summed E-state index contributed by atoms with van der Waals surface area (Å²) in [6.07, 6.45) is 0. The molecule has 94 valence electrons. The maximum atomic E-state index is 11.3. The lowest BCUT2D eigenvalue weighted by Crippen LogP contribution is -2.08. The fourth-order valence-corrected chi connectivity index (χ4v) is 2.52. The minimum absolute atomic E-state index is 0.0721. The molecule has 0 radical (unpaired) electrons. The molecule has 0 aliphatic heterocycles. The molecule has 1 aromatic carbocycles. The van der Waals surface area contributed by atoms with Crippen LogP contribution in [0.4, 0.5) is 0 Å². The zero-order chi connectivity index (χ0) is 13.1. The fourth-order valence-electron chi connectivity index (χ4n) is 1.71. The van der Waals surface area contributed by atoms with Crippen LogP contribution >= 0.6 is 11.8 Å². The highest BCUT2D eigenvalue weighted by Crippen LogP contribution is 2.23. The van der Waals surface area contributed by atoms with E-state index in [1.54, 1.807) is 13.8 Å². The summed E-state index contributed by atoms with van der Waals surface area (Å²) in [5, 5.41) is 0.724. The maximum absolute atomic E-state index is 11.3. The summed E-state index contributed by atoms with van der Waals surface area (Å²) in [7, 11) is 0. The van der Waals surface area contributed by atoms with Gasteiger partial charge in [0.25, 0.3) is 0 Å². The lowest BCUT2D eigenvalue weighted by atomic mass is 10.3.